The Morgan fingerprint density at radius 2 is 0.633 bits per heavy atom. The maximum atomic E-state index is 13.0. The van der Waals surface area contributed by atoms with Gasteiger partial charge in [0, 0.05) is 12.8 Å². The van der Waals surface area contributed by atoms with E-state index in [1.165, 1.54) is 263 Å². The first kappa shape index (κ1) is 86.7. The number of likely N-dealkylation sites (N-methyl/N-ethyl adjacent to an activating group) is 1. The van der Waals surface area contributed by atoms with E-state index in [2.05, 4.69) is 86.8 Å². The van der Waals surface area contributed by atoms with Crippen LogP contribution in [0.4, 0.5) is 0 Å². The Kier molecular flexibility index (Phi) is 69.0. The molecule has 0 N–H and O–H groups in total. The number of carboxylic acid groups (broad SMARTS) is 1. The number of esters is 2. The summed E-state index contributed by atoms with van der Waals surface area (Å²) >= 11 is 0. The molecule has 0 aromatic heterocycles. The molecule has 524 valence electrons. The Bertz CT molecular complexity index is 1710. The van der Waals surface area contributed by atoms with Gasteiger partial charge in [0.1, 0.15) is 13.2 Å². The van der Waals surface area contributed by atoms with Crippen molar-refractivity contribution in [2.24, 2.45) is 0 Å². The Balaban J connectivity index is 4.00. The summed E-state index contributed by atoms with van der Waals surface area (Å²) in [6, 6.07) is 0. The number of aliphatic carboxylic acids is 1. The molecule has 0 saturated carbocycles. The topological polar surface area (TPSA) is 111 Å². The second-order valence-corrected chi connectivity index (χ2v) is 27.3. The monoisotopic (exact) mass is 1260 g/mol. The Morgan fingerprint density at radius 1 is 0.344 bits per heavy atom. The Morgan fingerprint density at radius 3 is 0.944 bits per heavy atom. The molecule has 0 aromatic rings. The maximum absolute atomic E-state index is 13.0. The SMILES string of the molecule is CC/C=C\C/C=C\C/C=C\C/C=C\C/C=C\C/C=C\CCCCCCCCCCCCCCCCCCCCCCC(=O)OC(COC(=O)CCCCCCCCCCCCCCCCCCCCCCCCCCCC)COC(OCC[N+](C)(C)C)C(=O)[O-]. The quantitative estimate of drug-likeness (QED) is 0.0195. The van der Waals surface area contributed by atoms with Gasteiger partial charge in [0.25, 0.3) is 0 Å². The molecule has 0 fully saturated rings. The number of unbranched alkanes of at least 4 members (excludes halogenated alkanes) is 45. The van der Waals surface area contributed by atoms with Crippen molar-refractivity contribution >= 4 is 17.9 Å². The summed E-state index contributed by atoms with van der Waals surface area (Å²) in [5.74, 6) is -2.25. The average Bonchev–Trinajstić information content (AvgIpc) is 3.65. The first-order chi connectivity index (χ1) is 44.1. The molecule has 0 bridgehead atoms. The van der Waals surface area contributed by atoms with Crippen molar-refractivity contribution in [2.45, 2.75) is 379 Å². The van der Waals surface area contributed by atoms with Crippen molar-refractivity contribution in [1.82, 2.24) is 0 Å². The highest BCUT2D eigenvalue weighted by Gasteiger charge is 2.22. The highest BCUT2D eigenvalue weighted by atomic mass is 16.7. The minimum Gasteiger partial charge on any atom is -0.545 e. The van der Waals surface area contributed by atoms with Gasteiger partial charge in [-0.2, -0.15) is 0 Å². The van der Waals surface area contributed by atoms with Gasteiger partial charge in [0.05, 0.1) is 40.3 Å². The zero-order chi connectivity index (χ0) is 65.4. The van der Waals surface area contributed by atoms with Crippen LogP contribution < -0.4 is 5.11 Å². The molecule has 2 unspecified atom stereocenters. The molecule has 0 aromatic carbocycles. The van der Waals surface area contributed by atoms with E-state index >= 15 is 0 Å². The molecule has 0 amide bonds. The number of allylic oxidation sites excluding steroid dienone is 12. The van der Waals surface area contributed by atoms with Crippen molar-refractivity contribution in [3.8, 4) is 0 Å². The van der Waals surface area contributed by atoms with Crippen molar-refractivity contribution in [2.75, 3.05) is 47.5 Å². The number of rotatable bonds is 72. The minimum atomic E-state index is -1.62. The molecule has 0 aliphatic rings. The second-order valence-electron chi connectivity index (χ2n) is 27.3. The normalized spacial score (nSPS) is 13.0. The number of nitrogens with zero attached hydrogens (tertiary/aromatic N) is 1. The van der Waals surface area contributed by atoms with Gasteiger partial charge in [0.15, 0.2) is 12.4 Å². The van der Waals surface area contributed by atoms with E-state index in [9.17, 15) is 19.5 Å². The minimum absolute atomic E-state index is 0.150. The number of hydrogen-bond donors (Lipinski definition) is 0. The lowest BCUT2D eigenvalue weighted by atomic mass is 10.0. The molecule has 0 rings (SSSR count). The Labute approximate surface area is 557 Å². The molecule has 90 heavy (non-hydrogen) atoms. The molecular weight excluding hydrogens is 1110 g/mol. The largest absolute Gasteiger partial charge is 0.545 e. The molecule has 0 radical (unpaired) electrons. The number of quaternary nitrogens is 1. The van der Waals surface area contributed by atoms with Crippen molar-refractivity contribution < 1.29 is 42.9 Å². The van der Waals surface area contributed by atoms with Gasteiger partial charge in [-0.3, -0.25) is 9.59 Å². The van der Waals surface area contributed by atoms with Crippen molar-refractivity contribution in [3.05, 3.63) is 72.9 Å². The Hall–Kier alpha value is -3.27. The van der Waals surface area contributed by atoms with E-state index < -0.39 is 24.3 Å². The molecular formula is C81H147NO8. The van der Waals surface area contributed by atoms with Crippen LogP contribution in [0.25, 0.3) is 0 Å². The van der Waals surface area contributed by atoms with Gasteiger partial charge in [-0.15, -0.1) is 0 Å². The number of carbonyl (C=O) groups excluding carboxylic acids is 3. The standard InChI is InChI=1S/C81H147NO8/c1-6-8-10-12-14-16-18-20-22-24-26-28-30-32-34-35-36-37-38-39-40-41-42-43-44-45-46-48-50-52-54-56-58-60-62-64-66-68-70-72-79(84)90-77(76-89-81(80(85)86)87-74-73-82(3,4)5)75-88-78(83)71-69-67-65-63-61-59-57-55-53-51-49-47-33-31-29-27-25-23-21-19-17-15-13-11-9-7-2/h8,10,14,16,20,22,26,28,32,34,36-37,77,81H,6-7,9,11-13,15,17-19,21,23-25,27,29-31,33,35,38-76H2,1-5H3/b10-8-,16-14-,22-20-,28-26-,34-32-,37-36-. The first-order valence-corrected chi connectivity index (χ1v) is 38.6. The van der Waals surface area contributed by atoms with Crippen LogP contribution in [0.2, 0.25) is 0 Å². The van der Waals surface area contributed by atoms with Gasteiger partial charge in [-0.05, 0) is 64.2 Å². The molecule has 0 saturated heterocycles. The maximum Gasteiger partial charge on any atom is 0.306 e. The predicted octanol–water partition coefficient (Wildman–Crippen LogP) is 23.1. The fourth-order valence-corrected chi connectivity index (χ4v) is 11.4. The molecule has 2 atom stereocenters. The number of carboxylic acids is 1. The van der Waals surface area contributed by atoms with Crippen LogP contribution in [0.5, 0.6) is 0 Å². The molecule has 0 aliphatic heterocycles. The summed E-state index contributed by atoms with van der Waals surface area (Å²) in [6.07, 6.45) is 93.0. The summed E-state index contributed by atoms with van der Waals surface area (Å²) in [7, 11) is 5.95. The van der Waals surface area contributed by atoms with E-state index in [1.54, 1.807) is 0 Å². The third-order valence-corrected chi connectivity index (χ3v) is 17.2. The zero-order valence-corrected chi connectivity index (χ0v) is 60.0. The van der Waals surface area contributed by atoms with Gasteiger partial charge in [0.2, 0.25) is 0 Å². The first-order valence-electron chi connectivity index (χ1n) is 38.6. The highest BCUT2D eigenvalue weighted by Crippen LogP contribution is 2.19. The molecule has 9 nitrogen and oxygen atoms in total. The third-order valence-electron chi connectivity index (χ3n) is 17.2. The second kappa shape index (κ2) is 71.6. The van der Waals surface area contributed by atoms with E-state index in [1.807, 2.05) is 21.1 Å². The van der Waals surface area contributed by atoms with Gasteiger partial charge in [-0.1, -0.05) is 363 Å². The van der Waals surface area contributed by atoms with E-state index in [4.69, 9.17) is 18.9 Å². The van der Waals surface area contributed by atoms with E-state index in [-0.39, 0.29) is 32.2 Å². The smallest absolute Gasteiger partial charge is 0.306 e. The molecule has 0 spiro atoms. The lowest BCUT2D eigenvalue weighted by molar-refractivity contribution is -0.870. The molecule has 9 heteroatoms. The third kappa shape index (κ3) is 72.2. The van der Waals surface area contributed by atoms with Crippen LogP contribution in [0, 0.1) is 0 Å². The van der Waals surface area contributed by atoms with Gasteiger partial charge < -0.3 is 33.3 Å². The number of carbonyl (C=O) groups is 3. The van der Waals surface area contributed by atoms with Crippen molar-refractivity contribution in [1.29, 1.82) is 0 Å². The lowest BCUT2D eigenvalue weighted by Gasteiger charge is -2.26. The fraction of sp³-hybridized carbons (Fsp3) is 0.815. The number of ether oxygens (including phenoxy) is 4. The zero-order valence-electron chi connectivity index (χ0n) is 60.0. The van der Waals surface area contributed by atoms with Crippen LogP contribution in [0.15, 0.2) is 72.9 Å². The van der Waals surface area contributed by atoms with Crippen molar-refractivity contribution in [3.63, 3.8) is 0 Å². The molecule has 0 aliphatic carbocycles. The van der Waals surface area contributed by atoms with E-state index in [0.717, 1.165) is 70.6 Å². The summed E-state index contributed by atoms with van der Waals surface area (Å²) in [5.41, 5.74) is 0. The van der Waals surface area contributed by atoms with Crippen LogP contribution >= 0.6 is 0 Å². The summed E-state index contributed by atoms with van der Waals surface area (Å²) in [6.45, 7) is 4.70. The predicted molar refractivity (Wildman–Crippen MR) is 385 cm³/mol. The lowest BCUT2D eigenvalue weighted by Crippen LogP contribution is -2.44. The fourth-order valence-electron chi connectivity index (χ4n) is 11.4. The molecule has 0 heterocycles. The summed E-state index contributed by atoms with van der Waals surface area (Å²) < 4.78 is 22.9. The van der Waals surface area contributed by atoms with Crippen LogP contribution in [-0.2, 0) is 33.3 Å². The van der Waals surface area contributed by atoms with Crippen LogP contribution in [0.3, 0.4) is 0 Å². The van der Waals surface area contributed by atoms with Gasteiger partial charge in [-0.25, -0.2) is 0 Å². The van der Waals surface area contributed by atoms with E-state index in [0.29, 0.717) is 23.9 Å². The average molecular weight is 1260 g/mol. The number of hydrogen-bond acceptors (Lipinski definition) is 8. The van der Waals surface area contributed by atoms with Crippen LogP contribution in [-0.4, -0.2) is 82.3 Å². The summed E-state index contributed by atoms with van der Waals surface area (Å²) in [5, 5.41) is 11.8. The highest BCUT2D eigenvalue weighted by molar-refractivity contribution is 5.70. The van der Waals surface area contributed by atoms with Gasteiger partial charge >= 0.3 is 11.9 Å². The van der Waals surface area contributed by atoms with Crippen LogP contribution in [0.1, 0.15) is 367 Å². The summed E-state index contributed by atoms with van der Waals surface area (Å²) in [4.78, 5) is 37.6.